The van der Waals surface area contributed by atoms with Gasteiger partial charge in [-0.25, -0.2) is 0 Å². The monoisotopic (exact) mass is 578 g/mol. The Morgan fingerprint density at radius 2 is 1.83 bits per heavy atom. The molecule has 4 saturated carbocycles. The zero-order valence-electron chi connectivity index (χ0n) is 27.3. The zero-order valence-corrected chi connectivity index (χ0v) is 27.3. The van der Waals surface area contributed by atoms with Crippen LogP contribution in [-0.4, -0.2) is 96.8 Å². The largest absolute Gasteiger partial charge is 0.394 e. The lowest BCUT2D eigenvalue weighted by Crippen LogP contribution is -2.62. The van der Waals surface area contributed by atoms with E-state index >= 15 is 0 Å². The maximum atomic E-state index is 13.9. The van der Waals surface area contributed by atoms with Crippen LogP contribution < -0.4 is 10.6 Å². The van der Waals surface area contributed by atoms with E-state index in [1.165, 1.54) is 25.7 Å². The maximum Gasteiger partial charge on any atom is 0.240 e. The van der Waals surface area contributed by atoms with Crippen molar-refractivity contribution in [2.24, 2.45) is 46.8 Å². The Balaban J connectivity index is 1.39. The Kier molecular flexibility index (Phi) is 11.2. The van der Waals surface area contributed by atoms with E-state index in [0.717, 1.165) is 32.4 Å². The molecule has 5 rings (SSSR count). The number of aliphatic hydroxyl groups excluding tert-OH is 2. The fraction of sp³-hybridized carbons (Fsp3) is 0.970. The van der Waals surface area contributed by atoms with Crippen molar-refractivity contribution in [3.63, 3.8) is 0 Å². The Morgan fingerprint density at radius 1 is 1.12 bits per heavy atom. The molecule has 4 aliphatic carbocycles. The summed E-state index contributed by atoms with van der Waals surface area (Å²) in [7, 11) is 4.29. The molecule has 8 heteroatoms. The minimum absolute atomic E-state index is 0.0444. The minimum Gasteiger partial charge on any atom is -0.394 e. The summed E-state index contributed by atoms with van der Waals surface area (Å²) in [5, 5.41) is 30.0. The molecule has 2 bridgehead atoms. The van der Waals surface area contributed by atoms with Crippen molar-refractivity contribution in [3.8, 4) is 0 Å². The van der Waals surface area contributed by atoms with E-state index < -0.39 is 24.2 Å². The number of hydrogen-bond donors (Lipinski definition) is 4. The summed E-state index contributed by atoms with van der Waals surface area (Å²) in [5.41, 5.74) is 0.362. The SMILES string of the molecule is CC(C)C[C@@H](CN(C)C)NCC1CCCC(CN2O[C@@H](CO)C([C@H](C)O)[C@H]2C(=O)N[C@H]2C[C@H]3C[C@@H]([C@@H]2C)C3(C)C)C1. The number of nitrogens with one attached hydrogen (secondary N) is 2. The third-order valence-corrected chi connectivity index (χ3v) is 11.4. The molecule has 4 N–H and O–H groups in total. The van der Waals surface area contributed by atoms with E-state index in [9.17, 15) is 15.0 Å². The number of fused-ring (bicyclic) bond motifs is 2. The molecule has 0 aromatic rings. The fourth-order valence-electron chi connectivity index (χ4n) is 9.08. The number of aliphatic hydroxyl groups is 2. The standard InChI is InChI=1S/C33H62N4O4/c1-20(2)12-26(18-36(7)8)34-16-23-10-9-11-24(13-23)17-37-31(30(22(4)39)29(19-38)41-37)32(40)35-28-15-25-14-27(21(28)3)33(25,5)6/h20-31,34,38-39H,9-19H2,1-8H3,(H,35,40)/t21-,22-,23?,24?,25+,26-,27-,28-,29-,30?,31-/m0/s1. The Labute approximate surface area is 250 Å². The summed E-state index contributed by atoms with van der Waals surface area (Å²) in [4.78, 5) is 22.5. The van der Waals surface area contributed by atoms with Crippen molar-refractivity contribution < 1.29 is 19.8 Å². The van der Waals surface area contributed by atoms with E-state index in [2.05, 4.69) is 64.2 Å². The summed E-state index contributed by atoms with van der Waals surface area (Å²) in [6.45, 7) is 15.9. The lowest BCUT2D eigenvalue weighted by molar-refractivity contribution is -0.184. The molecule has 1 heterocycles. The van der Waals surface area contributed by atoms with Gasteiger partial charge in [-0.3, -0.25) is 9.63 Å². The normalized spacial score (nSPS) is 38.6. The van der Waals surface area contributed by atoms with Gasteiger partial charge in [0.2, 0.25) is 5.91 Å². The highest BCUT2D eigenvalue weighted by Crippen LogP contribution is 2.61. The molecule has 238 valence electrons. The average Bonchev–Trinajstić information content (AvgIpc) is 3.26. The molecule has 0 spiro atoms. The predicted octanol–water partition coefficient (Wildman–Crippen LogP) is 3.52. The first-order valence-electron chi connectivity index (χ1n) is 16.7. The number of carbonyl (C=O) groups is 1. The molecule has 41 heavy (non-hydrogen) atoms. The number of amides is 1. The van der Waals surface area contributed by atoms with Crippen LogP contribution in [0.15, 0.2) is 0 Å². The fourth-order valence-corrected chi connectivity index (χ4v) is 9.08. The molecular weight excluding hydrogens is 516 g/mol. The van der Waals surface area contributed by atoms with Crippen LogP contribution in [0.5, 0.6) is 0 Å². The Morgan fingerprint density at radius 3 is 2.41 bits per heavy atom. The van der Waals surface area contributed by atoms with Crippen molar-refractivity contribution in [1.29, 1.82) is 0 Å². The first-order valence-corrected chi connectivity index (χ1v) is 16.7. The number of rotatable bonds is 13. The molecular formula is C33H62N4O4. The number of likely N-dealkylation sites (N-methyl/N-ethyl adjacent to an activating group) is 1. The maximum absolute atomic E-state index is 13.9. The molecule has 1 saturated heterocycles. The van der Waals surface area contributed by atoms with Crippen molar-refractivity contribution in [2.75, 3.05) is 40.3 Å². The summed E-state index contributed by atoms with van der Waals surface area (Å²) in [5.74, 6) is 2.95. The van der Waals surface area contributed by atoms with E-state index in [1.54, 1.807) is 6.92 Å². The Bertz CT molecular complexity index is 841. The number of hydroxylamine groups is 2. The van der Waals surface area contributed by atoms with Gasteiger partial charge in [-0.15, -0.1) is 0 Å². The highest BCUT2D eigenvalue weighted by atomic mass is 16.7. The zero-order chi connectivity index (χ0) is 30.1. The molecule has 1 aliphatic heterocycles. The predicted molar refractivity (Wildman–Crippen MR) is 164 cm³/mol. The third kappa shape index (κ3) is 7.66. The third-order valence-electron chi connectivity index (χ3n) is 11.4. The van der Waals surface area contributed by atoms with Gasteiger partial charge in [0.15, 0.2) is 0 Å². The van der Waals surface area contributed by atoms with Crippen LogP contribution in [0.2, 0.25) is 0 Å². The first-order chi connectivity index (χ1) is 19.3. The summed E-state index contributed by atoms with van der Waals surface area (Å²) < 4.78 is 0. The molecule has 3 unspecified atom stereocenters. The molecule has 0 radical (unpaired) electrons. The van der Waals surface area contributed by atoms with E-state index in [0.29, 0.717) is 53.5 Å². The highest BCUT2D eigenvalue weighted by Gasteiger charge is 2.57. The van der Waals surface area contributed by atoms with Gasteiger partial charge in [-0.05, 0) is 107 Å². The van der Waals surface area contributed by atoms with Crippen LogP contribution in [0.1, 0.15) is 86.5 Å². The summed E-state index contributed by atoms with van der Waals surface area (Å²) in [6.07, 6.45) is 6.81. The minimum atomic E-state index is -0.748. The van der Waals surface area contributed by atoms with Crippen LogP contribution in [-0.2, 0) is 9.63 Å². The van der Waals surface area contributed by atoms with Gasteiger partial charge in [0.05, 0.1) is 12.7 Å². The van der Waals surface area contributed by atoms with Gasteiger partial charge in [0.25, 0.3) is 0 Å². The quantitative estimate of drug-likeness (QED) is 0.266. The van der Waals surface area contributed by atoms with E-state index in [-0.39, 0.29) is 18.6 Å². The van der Waals surface area contributed by atoms with Crippen molar-refractivity contribution in [1.82, 2.24) is 20.6 Å². The van der Waals surface area contributed by atoms with Crippen LogP contribution in [0.3, 0.4) is 0 Å². The molecule has 5 fully saturated rings. The van der Waals surface area contributed by atoms with Gasteiger partial charge in [0, 0.05) is 31.1 Å². The first kappa shape index (κ1) is 33.1. The number of carbonyl (C=O) groups excluding carboxylic acids is 1. The van der Waals surface area contributed by atoms with Crippen LogP contribution in [0.4, 0.5) is 0 Å². The van der Waals surface area contributed by atoms with Gasteiger partial charge in [0.1, 0.15) is 12.1 Å². The van der Waals surface area contributed by atoms with Crippen LogP contribution >= 0.6 is 0 Å². The summed E-state index contributed by atoms with van der Waals surface area (Å²) in [6, 6.07) is 0.0749. The molecule has 0 aromatic heterocycles. The number of hydrogen-bond acceptors (Lipinski definition) is 7. The second-order valence-electron chi connectivity index (χ2n) is 15.7. The second kappa shape index (κ2) is 13.9. The van der Waals surface area contributed by atoms with Crippen molar-refractivity contribution >= 4 is 5.91 Å². The van der Waals surface area contributed by atoms with Crippen LogP contribution in [0, 0.1) is 46.8 Å². The number of nitrogens with zero attached hydrogens (tertiary/aromatic N) is 2. The topological polar surface area (TPSA) is 97.3 Å². The van der Waals surface area contributed by atoms with Crippen molar-refractivity contribution in [3.05, 3.63) is 0 Å². The van der Waals surface area contributed by atoms with Gasteiger partial charge >= 0.3 is 0 Å². The average molecular weight is 579 g/mol. The van der Waals surface area contributed by atoms with Crippen molar-refractivity contribution in [2.45, 2.75) is 117 Å². The highest BCUT2D eigenvalue weighted by molar-refractivity contribution is 5.82. The Hall–Kier alpha value is -0.770. The molecule has 1 amide bonds. The van der Waals surface area contributed by atoms with E-state index in [4.69, 9.17) is 4.84 Å². The van der Waals surface area contributed by atoms with Gasteiger partial charge in [-0.2, -0.15) is 5.06 Å². The lowest BCUT2D eigenvalue weighted by atomic mass is 9.45. The van der Waals surface area contributed by atoms with Crippen LogP contribution in [0.25, 0.3) is 0 Å². The van der Waals surface area contributed by atoms with E-state index in [1.807, 2.05) is 5.06 Å². The second-order valence-corrected chi connectivity index (χ2v) is 15.7. The smallest absolute Gasteiger partial charge is 0.240 e. The molecule has 5 aliphatic rings. The molecule has 8 nitrogen and oxygen atoms in total. The lowest BCUT2D eigenvalue weighted by Gasteiger charge is -2.62. The van der Waals surface area contributed by atoms with Gasteiger partial charge < -0.3 is 25.7 Å². The molecule has 0 aromatic carbocycles. The van der Waals surface area contributed by atoms with Gasteiger partial charge in [-0.1, -0.05) is 41.0 Å². The molecule has 11 atom stereocenters. The summed E-state index contributed by atoms with van der Waals surface area (Å²) >= 11 is 0.